The Balaban J connectivity index is 1.95. The molecule has 0 bridgehead atoms. The van der Waals surface area contributed by atoms with E-state index in [1.54, 1.807) is 0 Å². The molecule has 1 aliphatic carbocycles. The van der Waals surface area contributed by atoms with Gasteiger partial charge in [0.05, 0.1) is 4.34 Å². The van der Waals surface area contributed by atoms with Gasteiger partial charge in [-0.2, -0.15) is 0 Å². The number of hydrogen-bond donors (Lipinski definition) is 2. The minimum Gasteiger partial charge on any atom is -0.480 e. The molecular formula is C10H12ClNO2S. The lowest BCUT2D eigenvalue weighted by Crippen LogP contribution is -2.56. The number of carboxylic acids is 1. The summed E-state index contributed by atoms with van der Waals surface area (Å²) in [6, 6.07) is 3.76. The number of hydrogen-bond acceptors (Lipinski definition) is 3. The second-order valence-electron chi connectivity index (χ2n) is 3.80. The molecule has 2 N–H and O–H groups in total. The summed E-state index contributed by atoms with van der Waals surface area (Å²) in [5, 5.41) is 12.2. The van der Waals surface area contributed by atoms with Crippen LogP contribution in [0.1, 0.15) is 24.1 Å². The molecule has 5 heteroatoms. The normalized spacial score (nSPS) is 18.5. The van der Waals surface area contributed by atoms with Crippen LogP contribution >= 0.6 is 22.9 Å². The summed E-state index contributed by atoms with van der Waals surface area (Å²) in [7, 11) is 0. The number of carbonyl (C=O) groups is 1. The highest BCUT2D eigenvalue weighted by Crippen LogP contribution is 2.33. The minimum atomic E-state index is -0.739. The monoisotopic (exact) mass is 245 g/mol. The van der Waals surface area contributed by atoms with E-state index < -0.39 is 11.5 Å². The molecule has 82 valence electrons. The van der Waals surface area contributed by atoms with Crippen molar-refractivity contribution in [2.75, 3.05) is 0 Å². The summed E-state index contributed by atoms with van der Waals surface area (Å²) in [5.74, 6) is -0.739. The average molecular weight is 246 g/mol. The first kappa shape index (κ1) is 10.9. The van der Waals surface area contributed by atoms with Gasteiger partial charge in [0.1, 0.15) is 5.54 Å². The van der Waals surface area contributed by atoms with Gasteiger partial charge in [-0.3, -0.25) is 10.1 Å². The van der Waals surface area contributed by atoms with Gasteiger partial charge in [-0.15, -0.1) is 11.3 Å². The summed E-state index contributed by atoms with van der Waals surface area (Å²) in [6.07, 6.45) is 2.44. The van der Waals surface area contributed by atoms with Crippen LogP contribution in [0.3, 0.4) is 0 Å². The van der Waals surface area contributed by atoms with Crippen LogP contribution in [0.15, 0.2) is 12.1 Å². The second kappa shape index (κ2) is 4.12. The fourth-order valence-electron chi connectivity index (χ4n) is 1.70. The number of carboxylic acid groups (broad SMARTS) is 1. The zero-order chi connectivity index (χ0) is 10.9. The lowest BCUT2D eigenvalue weighted by Gasteiger charge is -2.38. The Kier molecular flexibility index (Phi) is 3.00. The van der Waals surface area contributed by atoms with E-state index in [0.717, 1.165) is 28.5 Å². The Hall–Kier alpha value is -0.580. The lowest BCUT2D eigenvalue weighted by molar-refractivity contribution is -0.148. The van der Waals surface area contributed by atoms with E-state index in [9.17, 15) is 4.79 Å². The predicted molar refractivity (Wildman–Crippen MR) is 60.4 cm³/mol. The van der Waals surface area contributed by atoms with Crippen molar-refractivity contribution < 1.29 is 9.90 Å². The summed E-state index contributed by atoms with van der Waals surface area (Å²) in [6.45, 7) is 0.587. The molecule has 0 unspecified atom stereocenters. The molecule has 0 amide bonds. The van der Waals surface area contributed by atoms with Gasteiger partial charge >= 0.3 is 5.97 Å². The third kappa shape index (κ3) is 2.17. The minimum absolute atomic E-state index is 0.587. The Labute approximate surface area is 97.1 Å². The quantitative estimate of drug-likeness (QED) is 0.857. The molecule has 0 atom stereocenters. The van der Waals surface area contributed by atoms with Crippen molar-refractivity contribution in [2.24, 2.45) is 0 Å². The van der Waals surface area contributed by atoms with Crippen LogP contribution in [-0.4, -0.2) is 16.6 Å². The molecule has 1 fully saturated rings. The Morgan fingerprint density at radius 3 is 2.73 bits per heavy atom. The van der Waals surface area contributed by atoms with Crippen LogP contribution in [-0.2, 0) is 11.3 Å². The van der Waals surface area contributed by atoms with Crippen LogP contribution < -0.4 is 5.32 Å². The van der Waals surface area contributed by atoms with Crippen molar-refractivity contribution in [3.8, 4) is 0 Å². The molecule has 1 saturated carbocycles. The van der Waals surface area contributed by atoms with Crippen molar-refractivity contribution in [2.45, 2.75) is 31.3 Å². The van der Waals surface area contributed by atoms with Crippen molar-refractivity contribution in [3.63, 3.8) is 0 Å². The fraction of sp³-hybridized carbons (Fsp3) is 0.500. The van der Waals surface area contributed by atoms with E-state index in [4.69, 9.17) is 16.7 Å². The highest BCUT2D eigenvalue weighted by molar-refractivity contribution is 7.16. The molecular weight excluding hydrogens is 234 g/mol. The van der Waals surface area contributed by atoms with Crippen LogP contribution in [0.25, 0.3) is 0 Å². The summed E-state index contributed by atoms with van der Waals surface area (Å²) in [5.41, 5.74) is -0.684. The SMILES string of the molecule is O=C(O)C1(NCc2ccc(Cl)s2)CCC1. The second-order valence-corrected chi connectivity index (χ2v) is 5.60. The van der Waals surface area contributed by atoms with Crippen molar-refractivity contribution in [1.82, 2.24) is 5.32 Å². The zero-order valence-corrected chi connectivity index (χ0v) is 9.70. The Morgan fingerprint density at radius 2 is 2.33 bits per heavy atom. The van der Waals surface area contributed by atoms with Gasteiger partial charge < -0.3 is 5.11 Å². The summed E-state index contributed by atoms with van der Waals surface area (Å²) < 4.78 is 0.741. The number of nitrogens with one attached hydrogen (secondary N) is 1. The maximum Gasteiger partial charge on any atom is 0.323 e. The largest absolute Gasteiger partial charge is 0.480 e. The number of halogens is 1. The van der Waals surface area contributed by atoms with Crippen LogP contribution in [0.5, 0.6) is 0 Å². The third-order valence-electron chi connectivity index (χ3n) is 2.85. The lowest BCUT2D eigenvalue weighted by atomic mass is 9.77. The highest BCUT2D eigenvalue weighted by atomic mass is 35.5. The molecule has 0 spiro atoms. The van der Waals surface area contributed by atoms with Gasteiger partial charge in [0.2, 0.25) is 0 Å². The van der Waals surface area contributed by atoms with E-state index in [0.29, 0.717) is 6.54 Å². The van der Waals surface area contributed by atoms with Crippen molar-refractivity contribution in [3.05, 3.63) is 21.3 Å². The van der Waals surface area contributed by atoms with E-state index >= 15 is 0 Å². The van der Waals surface area contributed by atoms with Crippen molar-refractivity contribution >= 4 is 28.9 Å². The third-order valence-corrected chi connectivity index (χ3v) is 4.08. The highest BCUT2D eigenvalue weighted by Gasteiger charge is 2.43. The van der Waals surface area contributed by atoms with E-state index in [1.807, 2.05) is 12.1 Å². The number of rotatable bonds is 4. The molecule has 3 nitrogen and oxygen atoms in total. The average Bonchev–Trinajstić information content (AvgIpc) is 2.49. The molecule has 15 heavy (non-hydrogen) atoms. The molecule has 1 aliphatic rings. The first-order chi connectivity index (χ1) is 7.12. The zero-order valence-electron chi connectivity index (χ0n) is 8.12. The van der Waals surface area contributed by atoms with Gasteiger partial charge in [-0.05, 0) is 31.4 Å². The van der Waals surface area contributed by atoms with Gasteiger partial charge in [0.15, 0.2) is 0 Å². The first-order valence-electron chi connectivity index (χ1n) is 4.85. The van der Waals surface area contributed by atoms with Crippen LogP contribution in [0.2, 0.25) is 4.34 Å². The molecule has 1 heterocycles. The Morgan fingerprint density at radius 1 is 1.60 bits per heavy atom. The molecule has 1 aromatic heterocycles. The molecule has 1 aromatic rings. The topological polar surface area (TPSA) is 49.3 Å². The van der Waals surface area contributed by atoms with E-state index in [2.05, 4.69) is 5.32 Å². The van der Waals surface area contributed by atoms with Gasteiger partial charge in [-0.25, -0.2) is 0 Å². The van der Waals surface area contributed by atoms with Crippen LogP contribution in [0.4, 0.5) is 0 Å². The molecule has 0 saturated heterocycles. The van der Waals surface area contributed by atoms with Gasteiger partial charge in [0, 0.05) is 11.4 Å². The molecule has 0 aromatic carbocycles. The summed E-state index contributed by atoms with van der Waals surface area (Å²) >= 11 is 7.28. The smallest absolute Gasteiger partial charge is 0.323 e. The Bertz CT molecular complexity index is 373. The van der Waals surface area contributed by atoms with Gasteiger partial charge in [0.25, 0.3) is 0 Å². The van der Waals surface area contributed by atoms with Crippen molar-refractivity contribution in [1.29, 1.82) is 0 Å². The predicted octanol–water partition coefficient (Wildman–Crippen LogP) is 2.50. The fourth-order valence-corrected chi connectivity index (χ4v) is 2.73. The van der Waals surface area contributed by atoms with Crippen LogP contribution in [0, 0.1) is 0 Å². The molecule has 2 rings (SSSR count). The van der Waals surface area contributed by atoms with E-state index in [1.165, 1.54) is 11.3 Å². The van der Waals surface area contributed by atoms with Gasteiger partial charge in [-0.1, -0.05) is 11.6 Å². The molecule has 0 radical (unpaired) electrons. The van der Waals surface area contributed by atoms with E-state index in [-0.39, 0.29) is 0 Å². The molecule has 0 aliphatic heterocycles. The summed E-state index contributed by atoms with van der Waals surface area (Å²) in [4.78, 5) is 12.1. The maximum atomic E-state index is 11.0. The maximum absolute atomic E-state index is 11.0. The number of aliphatic carboxylic acids is 1. The number of thiophene rings is 1. The first-order valence-corrected chi connectivity index (χ1v) is 6.04. The standard InChI is InChI=1S/C10H12ClNO2S/c11-8-3-2-7(15-8)6-12-10(9(13)14)4-1-5-10/h2-3,12H,1,4-6H2,(H,13,14).